The lowest BCUT2D eigenvalue weighted by molar-refractivity contribution is 0.173. The average molecular weight is 647 g/mol. The lowest BCUT2D eigenvalue weighted by Crippen LogP contribution is -2.27. The number of nitroso groups, excluding NO2 is 1. The summed E-state index contributed by atoms with van der Waals surface area (Å²) in [6.45, 7) is 9.73. The molecular weight excluding hydrogens is 604 g/mol. The van der Waals surface area contributed by atoms with Crippen LogP contribution in [0.5, 0.6) is 23.0 Å². The maximum atomic E-state index is 11.2. The van der Waals surface area contributed by atoms with Gasteiger partial charge in [0.2, 0.25) is 13.6 Å². The molecule has 0 fully saturated rings. The third kappa shape index (κ3) is 7.37. The standard InChI is InChI=1S/C37H36N4O5.C2H6/c1-2-3-18-41-31(36(28-7-5-4-6-8-28)38-37(41)29-11-13-30(39-42)14-12-29)23-40(22-27-10-16-33-35(21-27)46-25-44-33)19-17-26-9-15-32-34(20-26)45-24-43-32;1-2/h4-16,20-21H,2-3,17-19,22-25H2,1H3;1-2H3. The number of aromatic nitrogens is 2. The SMILES string of the molecule is CC.CCCCn1c(-c2ccc(N=O)cc2)nc(-c2ccccc2)c1CN(CCc1ccc2c(c1)OCO2)Cc1ccc2c(c1)OCO2. The van der Waals surface area contributed by atoms with Gasteiger partial charge in [-0.2, -0.15) is 0 Å². The number of ether oxygens (including phenoxy) is 4. The highest BCUT2D eigenvalue weighted by Gasteiger charge is 2.23. The van der Waals surface area contributed by atoms with Gasteiger partial charge in [-0.1, -0.05) is 69.7 Å². The molecular formula is C39H42N4O5. The van der Waals surface area contributed by atoms with Crippen molar-refractivity contribution in [2.24, 2.45) is 5.18 Å². The monoisotopic (exact) mass is 646 g/mol. The van der Waals surface area contributed by atoms with Gasteiger partial charge in [0, 0.05) is 37.3 Å². The summed E-state index contributed by atoms with van der Waals surface area (Å²) < 4.78 is 24.9. The topological polar surface area (TPSA) is 87.4 Å². The van der Waals surface area contributed by atoms with Crippen LogP contribution in [0.25, 0.3) is 22.6 Å². The van der Waals surface area contributed by atoms with E-state index in [0.29, 0.717) is 18.8 Å². The van der Waals surface area contributed by atoms with Gasteiger partial charge in [0.25, 0.3) is 0 Å². The number of unbranched alkanes of at least 4 members (excludes halogenated alkanes) is 1. The molecule has 0 saturated carbocycles. The highest BCUT2D eigenvalue weighted by atomic mass is 16.7. The Hall–Kier alpha value is -5.15. The summed E-state index contributed by atoms with van der Waals surface area (Å²) in [5.74, 6) is 4.03. The Morgan fingerprint density at radius 2 is 1.40 bits per heavy atom. The maximum Gasteiger partial charge on any atom is 0.231 e. The molecule has 0 aliphatic carbocycles. The molecule has 248 valence electrons. The van der Waals surface area contributed by atoms with Crippen LogP contribution in [0.15, 0.2) is 96.2 Å². The molecule has 0 saturated heterocycles. The van der Waals surface area contributed by atoms with Gasteiger partial charge in [0.05, 0.1) is 11.4 Å². The Morgan fingerprint density at radius 3 is 2.06 bits per heavy atom. The molecule has 0 radical (unpaired) electrons. The highest BCUT2D eigenvalue weighted by Crippen LogP contribution is 2.36. The molecule has 0 atom stereocenters. The van der Waals surface area contributed by atoms with Gasteiger partial charge in [-0.25, -0.2) is 4.98 Å². The summed E-state index contributed by atoms with van der Waals surface area (Å²) >= 11 is 0. The minimum Gasteiger partial charge on any atom is -0.454 e. The van der Waals surface area contributed by atoms with Crippen molar-refractivity contribution < 1.29 is 18.9 Å². The number of hydrogen-bond donors (Lipinski definition) is 0. The van der Waals surface area contributed by atoms with Gasteiger partial charge in [-0.3, -0.25) is 4.90 Å². The van der Waals surface area contributed by atoms with Crippen molar-refractivity contribution in [1.29, 1.82) is 0 Å². The Kier molecular flexibility index (Phi) is 10.7. The van der Waals surface area contributed by atoms with Gasteiger partial charge in [0.15, 0.2) is 23.0 Å². The highest BCUT2D eigenvalue weighted by molar-refractivity contribution is 5.69. The van der Waals surface area contributed by atoms with Crippen LogP contribution in [-0.2, 0) is 26.1 Å². The zero-order valence-electron chi connectivity index (χ0n) is 27.9. The molecule has 2 aliphatic rings. The van der Waals surface area contributed by atoms with Crippen LogP contribution >= 0.6 is 0 Å². The Bertz CT molecular complexity index is 1820. The second-order valence-corrected chi connectivity index (χ2v) is 11.6. The third-order valence-electron chi connectivity index (χ3n) is 8.46. The van der Waals surface area contributed by atoms with Crippen molar-refractivity contribution in [3.05, 3.63) is 113 Å². The molecule has 0 N–H and O–H groups in total. The van der Waals surface area contributed by atoms with Crippen molar-refractivity contribution in [3.63, 3.8) is 0 Å². The minimum atomic E-state index is 0.246. The molecule has 0 bridgehead atoms. The van der Waals surface area contributed by atoms with Crippen LogP contribution in [0.2, 0.25) is 0 Å². The second-order valence-electron chi connectivity index (χ2n) is 11.6. The Morgan fingerprint density at radius 1 is 0.750 bits per heavy atom. The number of imidazole rings is 1. The molecule has 9 heteroatoms. The van der Waals surface area contributed by atoms with E-state index in [-0.39, 0.29) is 13.6 Å². The zero-order valence-corrected chi connectivity index (χ0v) is 27.9. The van der Waals surface area contributed by atoms with Gasteiger partial charge in [-0.15, -0.1) is 4.91 Å². The van der Waals surface area contributed by atoms with Crippen LogP contribution in [0.3, 0.4) is 0 Å². The van der Waals surface area contributed by atoms with Crippen LogP contribution in [0, 0.1) is 4.91 Å². The van der Waals surface area contributed by atoms with Gasteiger partial charge >= 0.3 is 0 Å². The van der Waals surface area contributed by atoms with E-state index < -0.39 is 0 Å². The largest absolute Gasteiger partial charge is 0.454 e. The second kappa shape index (κ2) is 15.6. The number of hydrogen-bond acceptors (Lipinski definition) is 8. The van der Waals surface area contributed by atoms with Gasteiger partial charge < -0.3 is 23.5 Å². The summed E-state index contributed by atoms with van der Waals surface area (Å²) in [7, 11) is 0. The Balaban J connectivity index is 0.00000197. The summed E-state index contributed by atoms with van der Waals surface area (Å²) in [6, 6.07) is 30.1. The fraction of sp³-hybridized carbons (Fsp3) is 0.308. The molecule has 9 nitrogen and oxygen atoms in total. The quantitative estimate of drug-likeness (QED) is 0.118. The van der Waals surface area contributed by atoms with E-state index in [1.165, 1.54) is 5.56 Å². The first-order valence-corrected chi connectivity index (χ1v) is 16.8. The van der Waals surface area contributed by atoms with Crippen LogP contribution in [-0.4, -0.2) is 34.6 Å². The lowest BCUT2D eigenvalue weighted by Gasteiger charge is -2.25. The third-order valence-corrected chi connectivity index (χ3v) is 8.46. The number of rotatable bonds is 13. The van der Waals surface area contributed by atoms with Crippen LogP contribution < -0.4 is 18.9 Å². The van der Waals surface area contributed by atoms with Crippen LogP contribution in [0.1, 0.15) is 50.4 Å². The normalized spacial score (nSPS) is 12.6. The van der Waals surface area contributed by atoms with Crippen molar-refractivity contribution in [2.75, 3.05) is 20.1 Å². The fourth-order valence-electron chi connectivity index (χ4n) is 6.03. The van der Waals surface area contributed by atoms with Gasteiger partial charge in [0.1, 0.15) is 11.5 Å². The van der Waals surface area contributed by atoms with Crippen molar-refractivity contribution in [1.82, 2.24) is 14.5 Å². The average Bonchev–Trinajstić information content (AvgIpc) is 3.89. The molecule has 48 heavy (non-hydrogen) atoms. The molecule has 0 spiro atoms. The predicted molar refractivity (Wildman–Crippen MR) is 188 cm³/mol. The van der Waals surface area contributed by atoms with E-state index in [1.54, 1.807) is 12.1 Å². The smallest absolute Gasteiger partial charge is 0.231 e. The van der Waals surface area contributed by atoms with Gasteiger partial charge in [-0.05, 0) is 77.7 Å². The van der Waals surface area contributed by atoms with Crippen LogP contribution in [0.4, 0.5) is 5.69 Å². The van der Waals surface area contributed by atoms with Crippen molar-refractivity contribution >= 4 is 5.69 Å². The van der Waals surface area contributed by atoms with Crippen molar-refractivity contribution in [2.45, 2.75) is 59.7 Å². The number of nitrogens with zero attached hydrogens (tertiary/aromatic N) is 4. The molecule has 1 aromatic heterocycles. The van der Waals surface area contributed by atoms with E-state index in [4.69, 9.17) is 23.9 Å². The predicted octanol–water partition coefficient (Wildman–Crippen LogP) is 9.14. The lowest BCUT2D eigenvalue weighted by atomic mass is 10.1. The van der Waals surface area contributed by atoms with E-state index in [9.17, 15) is 4.91 Å². The number of fused-ring (bicyclic) bond motifs is 2. The first kappa shape index (κ1) is 32.8. The first-order valence-electron chi connectivity index (χ1n) is 16.8. The first-order chi connectivity index (χ1) is 23.7. The minimum absolute atomic E-state index is 0.246. The Labute approximate surface area is 282 Å². The van der Waals surface area contributed by atoms with E-state index in [2.05, 4.69) is 70.1 Å². The maximum absolute atomic E-state index is 11.2. The molecule has 0 unspecified atom stereocenters. The van der Waals surface area contributed by atoms with E-state index >= 15 is 0 Å². The molecule has 2 aliphatic heterocycles. The number of benzene rings is 4. The summed E-state index contributed by atoms with van der Waals surface area (Å²) in [5.41, 5.74) is 6.87. The molecule has 5 aromatic rings. The summed E-state index contributed by atoms with van der Waals surface area (Å²) in [6.07, 6.45) is 2.90. The molecule has 0 amide bonds. The fourth-order valence-corrected chi connectivity index (χ4v) is 6.03. The summed E-state index contributed by atoms with van der Waals surface area (Å²) in [5, 5.41) is 3.10. The summed E-state index contributed by atoms with van der Waals surface area (Å²) in [4.78, 5) is 18.9. The molecule has 4 aromatic carbocycles. The van der Waals surface area contributed by atoms with E-state index in [0.717, 1.165) is 89.3 Å². The molecule has 3 heterocycles. The molecule has 7 rings (SSSR count). The van der Waals surface area contributed by atoms with Crippen molar-refractivity contribution in [3.8, 4) is 45.6 Å². The van der Waals surface area contributed by atoms with E-state index in [1.807, 2.05) is 44.2 Å². The zero-order chi connectivity index (χ0) is 33.3.